The molecule has 0 saturated heterocycles. The summed E-state index contributed by atoms with van der Waals surface area (Å²) in [5.41, 5.74) is 5.65. The Morgan fingerprint density at radius 1 is 1.50 bits per heavy atom. The van der Waals surface area contributed by atoms with Crippen LogP contribution < -0.4 is 5.73 Å². The van der Waals surface area contributed by atoms with Crippen LogP contribution in [0.5, 0.6) is 0 Å². The standard InChI is InChI=1S/C8H9F3N2O2S/c9-8(10,11)15-4-5-16(14)7-6(12)2-1-3-13-7/h1-3H,4-5,12H2. The second-order valence-electron chi connectivity index (χ2n) is 2.74. The van der Waals surface area contributed by atoms with Crippen LogP contribution in [0.4, 0.5) is 18.9 Å². The molecule has 1 rings (SSSR count). The molecule has 4 nitrogen and oxygen atoms in total. The molecule has 16 heavy (non-hydrogen) atoms. The molecule has 1 unspecified atom stereocenters. The smallest absolute Gasteiger partial charge is 0.396 e. The van der Waals surface area contributed by atoms with E-state index >= 15 is 0 Å². The van der Waals surface area contributed by atoms with Gasteiger partial charge in [-0.2, -0.15) is 0 Å². The van der Waals surface area contributed by atoms with E-state index in [2.05, 4.69) is 9.72 Å². The van der Waals surface area contributed by atoms with E-state index in [9.17, 15) is 17.4 Å². The first-order valence-electron chi connectivity index (χ1n) is 4.20. The van der Waals surface area contributed by atoms with Crippen molar-refractivity contribution in [1.82, 2.24) is 4.98 Å². The van der Waals surface area contributed by atoms with E-state index < -0.39 is 23.8 Å². The van der Waals surface area contributed by atoms with E-state index in [1.165, 1.54) is 12.3 Å². The van der Waals surface area contributed by atoms with Gasteiger partial charge in [0.2, 0.25) is 0 Å². The van der Waals surface area contributed by atoms with Crippen molar-refractivity contribution in [1.29, 1.82) is 0 Å². The largest absolute Gasteiger partial charge is 0.522 e. The number of nitrogen functional groups attached to an aromatic ring is 1. The molecule has 0 fully saturated rings. The molecule has 0 aliphatic heterocycles. The van der Waals surface area contributed by atoms with E-state index in [0.717, 1.165) is 0 Å². The average Bonchev–Trinajstić information content (AvgIpc) is 2.16. The van der Waals surface area contributed by atoms with Gasteiger partial charge in [-0.1, -0.05) is 0 Å². The first-order chi connectivity index (χ1) is 7.40. The zero-order valence-corrected chi connectivity index (χ0v) is 8.85. The van der Waals surface area contributed by atoms with Crippen molar-refractivity contribution < 1.29 is 22.1 Å². The SMILES string of the molecule is Nc1cccnc1S(=O)CCOC(F)(F)F. The molecule has 1 atom stereocenters. The summed E-state index contributed by atoms with van der Waals surface area (Å²) >= 11 is 0. The molecule has 8 heteroatoms. The van der Waals surface area contributed by atoms with Crippen molar-refractivity contribution in [2.24, 2.45) is 0 Å². The number of halogens is 3. The zero-order valence-electron chi connectivity index (χ0n) is 8.03. The molecule has 0 spiro atoms. The molecule has 1 aromatic heterocycles. The number of nitrogens with two attached hydrogens (primary N) is 1. The van der Waals surface area contributed by atoms with Gasteiger partial charge in [0.1, 0.15) is 5.03 Å². The number of hydrogen-bond donors (Lipinski definition) is 1. The Bertz CT molecular complexity index is 384. The van der Waals surface area contributed by atoms with Gasteiger partial charge in [0.15, 0.2) is 0 Å². The van der Waals surface area contributed by atoms with E-state index in [4.69, 9.17) is 5.73 Å². The van der Waals surface area contributed by atoms with Gasteiger partial charge in [-0.05, 0) is 12.1 Å². The van der Waals surface area contributed by atoms with E-state index in [-0.39, 0.29) is 16.5 Å². The predicted molar refractivity (Wildman–Crippen MR) is 51.9 cm³/mol. The van der Waals surface area contributed by atoms with Gasteiger partial charge in [-0.15, -0.1) is 13.2 Å². The second kappa shape index (κ2) is 5.26. The van der Waals surface area contributed by atoms with Crippen molar-refractivity contribution >= 4 is 16.5 Å². The molecular formula is C8H9F3N2O2S. The third-order valence-corrected chi connectivity index (χ3v) is 2.86. The third-order valence-electron chi connectivity index (χ3n) is 1.55. The van der Waals surface area contributed by atoms with Crippen LogP contribution in [0.25, 0.3) is 0 Å². The summed E-state index contributed by atoms with van der Waals surface area (Å²) < 4.78 is 49.9. The molecule has 0 aromatic carbocycles. The maximum absolute atomic E-state index is 11.6. The van der Waals surface area contributed by atoms with Crippen LogP contribution in [-0.2, 0) is 15.5 Å². The number of pyridine rings is 1. The van der Waals surface area contributed by atoms with Gasteiger partial charge < -0.3 is 5.73 Å². The molecule has 90 valence electrons. The minimum absolute atomic E-state index is 0.0771. The first-order valence-corrected chi connectivity index (χ1v) is 5.51. The van der Waals surface area contributed by atoms with E-state index in [1.807, 2.05) is 0 Å². The molecule has 0 radical (unpaired) electrons. The van der Waals surface area contributed by atoms with Crippen molar-refractivity contribution in [3.8, 4) is 0 Å². The minimum atomic E-state index is -4.71. The van der Waals surface area contributed by atoms with E-state index in [0.29, 0.717) is 0 Å². The Morgan fingerprint density at radius 2 is 2.19 bits per heavy atom. The fourth-order valence-electron chi connectivity index (χ4n) is 0.923. The summed E-state index contributed by atoms with van der Waals surface area (Å²) in [7, 11) is -1.69. The number of rotatable bonds is 4. The fraction of sp³-hybridized carbons (Fsp3) is 0.375. The summed E-state index contributed by atoms with van der Waals surface area (Å²) in [5, 5.41) is 0.0771. The Morgan fingerprint density at radius 3 is 2.75 bits per heavy atom. The van der Waals surface area contributed by atoms with Gasteiger partial charge in [-0.25, -0.2) is 4.98 Å². The lowest BCUT2D eigenvalue weighted by molar-refractivity contribution is -0.322. The molecule has 0 aliphatic rings. The highest BCUT2D eigenvalue weighted by molar-refractivity contribution is 7.85. The van der Waals surface area contributed by atoms with Crippen molar-refractivity contribution in [2.75, 3.05) is 18.1 Å². The van der Waals surface area contributed by atoms with Crippen LogP contribution in [0.2, 0.25) is 0 Å². The fourth-order valence-corrected chi connectivity index (χ4v) is 1.86. The molecule has 0 aliphatic carbocycles. The van der Waals surface area contributed by atoms with E-state index in [1.54, 1.807) is 6.07 Å². The maximum atomic E-state index is 11.6. The summed E-state index contributed by atoms with van der Waals surface area (Å²) in [5.74, 6) is -0.305. The number of nitrogens with zero attached hydrogens (tertiary/aromatic N) is 1. The van der Waals surface area contributed by atoms with Gasteiger partial charge in [0.05, 0.1) is 28.8 Å². The zero-order chi connectivity index (χ0) is 12.2. The van der Waals surface area contributed by atoms with Gasteiger partial charge in [-0.3, -0.25) is 8.95 Å². The van der Waals surface area contributed by atoms with Crippen molar-refractivity contribution in [3.05, 3.63) is 18.3 Å². The van der Waals surface area contributed by atoms with Crippen LogP contribution in [0.3, 0.4) is 0 Å². The molecule has 2 N–H and O–H groups in total. The highest BCUT2D eigenvalue weighted by atomic mass is 32.2. The Labute approximate surface area is 92.1 Å². The Balaban J connectivity index is 2.51. The van der Waals surface area contributed by atoms with Gasteiger partial charge >= 0.3 is 6.36 Å². The lowest BCUT2D eigenvalue weighted by atomic mass is 10.4. The predicted octanol–water partition coefficient (Wildman–Crippen LogP) is 1.31. The summed E-state index contributed by atoms with van der Waals surface area (Å²) in [6.07, 6.45) is -3.34. The van der Waals surface area contributed by atoms with Gasteiger partial charge in [0.25, 0.3) is 0 Å². The van der Waals surface area contributed by atoms with Crippen LogP contribution in [0.15, 0.2) is 23.4 Å². The lowest BCUT2D eigenvalue weighted by Gasteiger charge is -2.07. The van der Waals surface area contributed by atoms with Crippen molar-refractivity contribution in [3.63, 3.8) is 0 Å². The minimum Gasteiger partial charge on any atom is -0.396 e. The number of alkyl halides is 3. The van der Waals surface area contributed by atoms with Crippen molar-refractivity contribution in [2.45, 2.75) is 11.4 Å². The average molecular weight is 254 g/mol. The number of ether oxygens (including phenoxy) is 1. The summed E-state index contributed by atoms with van der Waals surface area (Å²) in [6, 6.07) is 3.02. The van der Waals surface area contributed by atoms with Crippen LogP contribution in [0.1, 0.15) is 0 Å². The third kappa shape index (κ3) is 4.15. The van der Waals surface area contributed by atoms with Crippen LogP contribution in [0, 0.1) is 0 Å². The monoisotopic (exact) mass is 254 g/mol. The Kier molecular flexibility index (Phi) is 4.25. The number of aromatic nitrogens is 1. The normalized spacial score (nSPS) is 13.7. The summed E-state index contributed by atoms with van der Waals surface area (Å²) in [4.78, 5) is 3.73. The number of anilines is 1. The molecule has 0 amide bonds. The lowest BCUT2D eigenvalue weighted by Crippen LogP contribution is -2.18. The molecule has 0 bridgehead atoms. The number of hydrogen-bond acceptors (Lipinski definition) is 4. The highest BCUT2D eigenvalue weighted by Gasteiger charge is 2.29. The molecule has 0 saturated carbocycles. The van der Waals surface area contributed by atoms with Crippen LogP contribution >= 0.6 is 0 Å². The van der Waals surface area contributed by atoms with Crippen LogP contribution in [-0.4, -0.2) is 27.9 Å². The molecule has 1 heterocycles. The molecular weight excluding hydrogens is 245 g/mol. The highest BCUT2D eigenvalue weighted by Crippen LogP contribution is 2.17. The van der Waals surface area contributed by atoms with Gasteiger partial charge in [0, 0.05) is 6.20 Å². The molecule has 1 aromatic rings. The summed E-state index contributed by atoms with van der Waals surface area (Å²) in [6.45, 7) is -0.688. The first kappa shape index (κ1) is 12.9. The quantitative estimate of drug-likeness (QED) is 0.879. The Hall–Kier alpha value is -1.15. The topological polar surface area (TPSA) is 65.2 Å². The maximum Gasteiger partial charge on any atom is 0.522 e. The second-order valence-corrected chi connectivity index (χ2v) is 4.23.